The molecule has 0 unspecified atom stereocenters. The minimum atomic E-state index is -1.03. The van der Waals surface area contributed by atoms with Crippen molar-refractivity contribution in [1.29, 1.82) is 0 Å². The third-order valence-electron chi connectivity index (χ3n) is 8.41. The van der Waals surface area contributed by atoms with E-state index < -0.39 is 29.6 Å². The van der Waals surface area contributed by atoms with Gasteiger partial charge in [0.1, 0.15) is 17.3 Å². The number of carbonyl (C=O) groups excluding carboxylic acids is 4. The summed E-state index contributed by atoms with van der Waals surface area (Å²) in [6.45, 7) is 10.9. The second-order valence-electron chi connectivity index (χ2n) is 13.9. The highest BCUT2D eigenvalue weighted by Crippen LogP contribution is 2.27. The molecule has 0 saturated carbocycles. The van der Waals surface area contributed by atoms with Gasteiger partial charge in [-0.15, -0.1) is 0 Å². The maximum atomic E-state index is 13.9. The van der Waals surface area contributed by atoms with Gasteiger partial charge in [-0.3, -0.25) is 9.59 Å². The summed E-state index contributed by atoms with van der Waals surface area (Å²) in [7, 11) is 0. The average Bonchev–Trinajstić information content (AvgIpc) is 3.74. The fourth-order valence-electron chi connectivity index (χ4n) is 5.82. The SMILES string of the molecule is CC(C)[C@@H](NC(=O)OC(C)(C)C)C(=O)ON=C(N)c1ccc2cc(C(=O)Nc3cccc(N4CCCC4)c3)n(Cc3ccc(C(N)=O)cc3)c2c1. The van der Waals surface area contributed by atoms with E-state index in [1.54, 1.807) is 83.1 Å². The van der Waals surface area contributed by atoms with E-state index in [0.717, 1.165) is 42.6 Å². The molecule has 3 aromatic carbocycles. The van der Waals surface area contributed by atoms with Crippen LogP contribution in [0.4, 0.5) is 16.2 Å². The molecule has 1 saturated heterocycles. The van der Waals surface area contributed by atoms with E-state index in [1.807, 2.05) is 28.8 Å². The number of nitrogens with two attached hydrogens (primary N) is 2. The molecule has 0 radical (unpaired) electrons. The zero-order valence-corrected chi connectivity index (χ0v) is 29.6. The molecule has 1 fully saturated rings. The highest BCUT2D eigenvalue weighted by atomic mass is 16.7. The quantitative estimate of drug-likeness (QED) is 0.0700. The van der Waals surface area contributed by atoms with Gasteiger partial charge in [-0.2, -0.15) is 0 Å². The number of fused-ring (bicyclic) bond motifs is 1. The van der Waals surface area contributed by atoms with Crippen LogP contribution in [0.3, 0.4) is 0 Å². The molecule has 2 heterocycles. The van der Waals surface area contributed by atoms with E-state index in [0.29, 0.717) is 28.0 Å². The Bertz CT molecular complexity index is 1950. The van der Waals surface area contributed by atoms with Crippen LogP contribution in [0.15, 0.2) is 78.0 Å². The number of primary amides is 1. The number of aromatic nitrogens is 1. The van der Waals surface area contributed by atoms with Crippen molar-refractivity contribution in [3.8, 4) is 0 Å². The van der Waals surface area contributed by atoms with Crippen LogP contribution in [0.2, 0.25) is 0 Å². The minimum absolute atomic E-state index is 0.0895. The predicted octanol–water partition coefficient (Wildman–Crippen LogP) is 5.35. The van der Waals surface area contributed by atoms with Crippen molar-refractivity contribution in [2.24, 2.45) is 22.5 Å². The molecule has 1 atom stereocenters. The second-order valence-corrected chi connectivity index (χ2v) is 13.9. The van der Waals surface area contributed by atoms with Crippen LogP contribution in [0.25, 0.3) is 10.9 Å². The van der Waals surface area contributed by atoms with Crippen molar-refractivity contribution >= 4 is 52.0 Å². The summed E-state index contributed by atoms with van der Waals surface area (Å²) >= 11 is 0. The van der Waals surface area contributed by atoms with Crippen molar-refractivity contribution in [1.82, 2.24) is 9.88 Å². The molecule has 0 aliphatic carbocycles. The zero-order valence-electron chi connectivity index (χ0n) is 29.6. The summed E-state index contributed by atoms with van der Waals surface area (Å²) < 4.78 is 7.12. The number of benzene rings is 3. The molecule has 1 aliphatic rings. The molecule has 13 heteroatoms. The van der Waals surface area contributed by atoms with Crippen molar-refractivity contribution in [3.05, 3.63) is 95.2 Å². The summed E-state index contributed by atoms with van der Waals surface area (Å²) in [4.78, 5) is 58.3. The number of rotatable bonds is 11. The molecule has 4 aromatic rings. The fourth-order valence-corrected chi connectivity index (χ4v) is 5.82. The lowest BCUT2D eigenvalue weighted by atomic mass is 10.1. The highest BCUT2D eigenvalue weighted by molar-refractivity contribution is 6.08. The number of amides is 3. The monoisotopic (exact) mass is 695 g/mol. The van der Waals surface area contributed by atoms with Gasteiger partial charge >= 0.3 is 12.1 Å². The third-order valence-corrected chi connectivity index (χ3v) is 8.41. The number of hydrogen-bond donors (Lipinski definition) is 4. The minimum Gasteiger partial charge on any atom is -0.444 e. The molecule has 0 bridgehead atoms. The van der Waals surface area contributed by atoms with Gasteiger partial charge in [0.15, 0.2) is 5.84 Å². The molecule has 0 spiro atoms. The maximum Gasteiger partial charge on any atom is 0.408 e. The molecule has 1 aromatic heterocycles. The van der Waals surface area contributed by atoms with E-state index in [-0.39, 0.29) is 24.2 Å². The first kappa shape index (κ1) is 36.4. The van der Waals surface area contributed by atoms with Gasteiger partial charge in [-0.05, 0) is 87.6 Å². The predicted molar refractivity (Wildman–Crippen MR) is 197 cm³/mol. The normalized spacial score (nSPS) is 14.0. The fraction of sp³-hybridized carbons (Fsp3) is 0.342. The molecule has 5 rings (SSSR count). The van der Waals surface area contributed by atoms with E-state index in [2.05, 4.69) is 20.7 Å². The van der Waals surface area contributed by atoms with Crippen LogP contribution < -0.4 is 27.0 Å². The molecule has 3 amide bonds. The third kappa shape index (κ3) is 9.24. The number of ether oxygens (including phenoxy) is 1. The van der Waals surface area contributed by atoms with Crippen LogP contribution in [0.1, 0.15) is 79.4 Å². The van der Waals surface area contributed by atoms with Crippen LogP contribution >= 0.6 is 0 Å². The summed E-state index contributed by atoms with van der Waals surface area (Å²) in [6, 6.07) is 20.7. The Hall–Kier alpha value is -5.85. The standard InChI is InChI=1S/C38H45N7O6/c1-23(2)32(42-37(49)50-38(3,4)5)36(48)51-43-33(39)27-16-15-26-19-31(35(47)41-28-9-8-10-29(21-28)44-17-6-7-18-44)45(30(26)20-27)22-24-11-13-25(14-12-24)34(40)46/h8-16,19-21,23,32H,6-7,17-18,22H2,1-5H3,(H2,39,43)(H2,40,46)(H,41,47)(H,42,49)/t32-/m1/s1. The zero-order chi connectivity index (χ0) is 36.9. The Labute approximate surface area is 296 Å². The highest BCUT2D eigenvalue weighted by Gasteiger charge is 2.29. The number of amidine groups is 1. The van der Waals surface area contributed by atoms with Crippen molar-refractivity contribution in [3.63, 3.8) is 0 Å². The molecule has 268 valence electrons. The van der Waals surface area contributed by atoms with Crippen molar-refractivity contribution < 1.29 is 28.8 Å². The Morgan fingerprint density at radius 2 is 1.59 bits per heavy atom. The number of carbonyl (C=O) groups is 4. The number of nitrogens with one attached hydrogen (secondary N) is 2. The first-order valence-electron chi connectivity index (χ1n) is 16.9. The summed E-state index contributed by atoms with van der Waals surface area (Å²) in [5.41, 5.74) is 15.4. The van der Waals surface area contributed by atoms with Gasteiger partial charge in [-0.25, -0.2) is 9.59 Å². The van der Waals surface area contributed by atoms with E-state index in [1.165, 1.54) is 0 Å². The topological polar surface area (TPSA) is 183 Å². The van der Waals surface area contributed by atoms with Gasteiger partial charge in [0.2, 0.25) is 5.91 Å². The smallest absolute Gasteiger partial charge is 0.408 e. The van der Waals surface area contributed by atoms with E-state index in [4.69, 9.17) is 21.0 Å². The molecule has 51 heavy (non-hydrogen) atoms. The van der Waals surface area contributed by atoms with Crippen LogP contribution in [0, 0.1) is 5.92 Å². The molecular weight excluding hydrogens is 650 g/mol. The van der Waals surface area contributed by atoms with E-state index >= 15 is 0 Å². The molecule has 6 N–H and O–H groups in total. The van der Waals surface area contributed by atoms with Crippen molar-refractivity contribution in [2.45, 2.75) is 65.6 Å². The van der Waals surface area contributed by atoms with Crippen LogP contribution in [-0.4, -0.2) is 59.0 Å². The number of alkyl carbamates (subject to hydrolysis) is 1. The largest absolute Gasteiger partial charge is 0.444 e. The Morgan fingerprint density at radius 1 is 0.902 bits per heavy atom. The van der Waals surface area contributed by atoms with E-state index in [9.17, 15) is 19.2 Å². The Balaban J connectivity index is 1.43. The summed E-state index contributed by atoms with van der Waals surface area (Å²) in [5, 5.41) is 10.2. The lowest BCUT2D eigenvalue weighted by molar-refractivity contribution is -0.147. The number of nitrogens with zero attached hydrogens (tertiary/aromatic N) is 3. The molecule has 1 aliphatic heterocycles. The number of oxime groups is 1. The Kier molecular flexibility index (Phi) is 11.0. The summed E-state index contributed by atoms with van der Waals surface area (Å²) in [6.07, 6.45) is 1.52. The van der Waals surface area contributed by atoms with Gasteiger partial charge in [0.05, 0.1) is 0 Å². The Morgan fingerprint density at radius 3 is 2.24 bits per heavy atom. The van der Waals surface area contributed by atoms with Gasteiger partial charge in [0, 0.05) is 53.0 Å². The van der Waals surface area contributed by atoms with Gasteiger partial charge in [0.25, 0.3) is 5.91 Å². The molecular formula is C38H45N7O6. The maximum absolute atomic E-state index is 13.9. The second kappa shape index (κ2) is 15.4. The molecule has 13 nitrogen and oxygen atoms in total. The lowest BCUT2D eigenvalue weighted by Gasteiger charge is -2.23. The average molecular weight is 696 g/mol. The van der Waals surface area contributed by atoms with Crippen molar-refractivity contribution in [2.75, 3.05) is 23.3 Å². The first-order chi connectivity index (χ1) is 24.2. The lowest BCUT2D eigenvalue weighted by Crippen LogP contribution is -2.46. The number of hydrogen-bond acceptors (Lipinski definition) is 8. The first-order valence-corrected chi connectivity index (χ1v) is 16.9. The van der Waals surface area contributed by atoms with Gasteiger partial charge in [-0.1, -0.05) is 49.3 Å². The van der Waals surface area contributed by atoms with Crippen LogP contribution in [-0.2, 0) is 20.9 Å². The van der Waals surface area contributed by atoms with Gasteiger partial charge < -0.3 is 41.1 Å². The van der Waals surface area contributed by atoms with Crippen LogP contribution in [0.5, 0.6) is 0 Å². The number of anilines is 2. The summed E-state index contributed by atoms with van der Waals surface area (Å²) in [5.74, 6) is -2.08.